The van der Waals surface area contributed by atoms with Crippen molar-refractivity contribution in [2.75, 3.05) is 23.9 Å². The third-order valence-corrected chi connectivity index (χ3v) is 6.23. The molecule has 1 atom stereocenters. The predicted octanol–water partition coefficient (Wildman–Crippen LogP) is 5.68. The lowest BCUT2D eigenvalue weighted by Crippen LogP contribution is -2.29. The van der Waals surface area contributed by atoms with Gasteiger partial charge in [-0.2, -0.15) is 0 Å². The highest BCUT2D eigenvalue weighted by Crippen LogP contribution is 2.42. The summed E-state index contributed by atoms with van der Waals surface area (Å²) in [5.74, 6) is -1.51. The van der Waals surface area contributed by atoms with E-state index in [0.717, 1.165) is 16.8 Å². The Hall–Kier alpha value is -3.86. The van der Waals surface area contributed by atoms with Gasteiger partial charge in [0.1, 0.15) is 5.76 Å². The third kappa shape index (κ3) is 4.21. The monoisotopic (exact) mass is 454 g/mol. The number of aliphatic hydroxyl groups is 1. The summed E-state index contributed by atoms with van der Waals surface area (Å²) in [4.78, 5) is 30.1. The molecule has 4 rings (SSSR count). The molecule has 1 fully saturated rings. The first kappa shape index (κ1) is 23.3. The fourth-order valence-electron chi connectivity index (χ4n) is 4.24. The number of carbonyl (C=O) groups excluding carboxylic acids is 2. The number of hydrogen-bond acceptors (Lipinski definition) is 4. The molecule has 5 nitrogen and oxygen atoms in total. The fourth-order valence-corrected chi connectivity index (χ4v) is 4.24. The Morgan fingerprint density at radius 2 is 1.44 bits per heavy atom. The van der Waals surface area contributed by atoms with Crippen LogP contribution in [0.1, 0.15) is 43.5 Å². The van der Waals surface area contributed by atoms with Gasteiger partial charge in [-0.05, 0) is 40.8 Å². The van der Waals surface area contributed by atoms with Crippen LogP contribution in [-0.4, -0.2) is 30.9 Å². The zero-order valence-electron chi connectivity index (χ0n) is 20.2. The average molecular weight is 455 g/mol. The van der Waals surface area contributed by atoms with E-state index in [1.165, 1.54) is 4.90 Å². The quantitative estimate of drug-likeness (QED) is 0.313. The molecule has 5 heteroatoms. The summed E-state index contributed by atoms with van der Waals surface area (Å²) >= 11 is 0. The number of carbonyl (C=O) groups is 2. The molecule has 34 heavy (non-hydrogen) atoms. The van der Waals surface area contributed by atoms with Crippen LogP contribution in [-0.2, 0) is 15.0 Å². The van der Waals surface area contributed by atoms with Crippen LogP contribution in [0.2, 0.25) is 0 Å². The Kier molecular flexibility index (Phi) is 6.05. The lowest BCUT2D eigenvalue weighted by molar-refractivity contribution is -0.132. The number of anilines is 2. The molecule has 3 aromatic rings. The minimum Gasteiger partial charge on any atom is -0.507 e. The van der Waals surface area contributed by atoms with E-state index in [2.05, 4.69) is 20.8 Å². The molecular weight excluding hydrogens is 424 g/mol. The lowest BCUT2D eigenvalue weighted by Gasteiger charge is -2.27. The second-order valence-electron chi connectivity index (χ2n) is 9.82. The number of ketones is 1. The largest absolute Gasteiger partial charge is 0.507 e. The van der Waals surface area contributed by atoms with E-state index in [-0.39, 0.29) is 16.7 Å². The summed E-state index contributed by atoms with van der Waals surface area (Å²) in [6.45, 7) is 6.38. The molecule has 174 valence electrons. The smallest absolute Gasteiger partial charge is 0.300 e. The average Bonchev–Trinajstić information content (AvgIpc) is 3.09. The first-order chi connectivity index (χ1) is 16.1. The van der Waals surface area contributed by atoms with Gasteiger partial charge in [-0.3, -0.25) is 14.5 Å². The molecule has 1 aliphatic heterocycles. The molecule has 1 N–H and O–H groups in total. The molecule has 1 heterocycles. The second-order valence-corrected chi connectivity index (χ2v) is 9.82. The summed E-state index contributed by atoms with van der Waals surface area (Å²) < 4.78 is 0. The summed E-state index contributed by atoms with van der Waals surface area (Å²) in [6, 6.07) is 23.5. The van der Waals surface area contributed by atoms with E-state index < -0.39 is 17.7 Å². The SMILES string of the molecule is CN(C)c1ccc(C2/C(=C(\O)c3ccccc3)C(=O)C(=O)N2c2ccc(C(C)(C)C)cc2)cc1. The molecule has 1 unspecified atom stereocenters. The molecule has 0 aromatic heterocycles. The highest BCUT2D eigenvalue weighted by molar-refractivity contribution is 6.51. The van der Waals surface area contributed by atoms with Crippen molar-refractivity contribution in [3.63, 3.8) is 0 Å². The Bertz CT molecular complexity index is 1240. The van der Waals surface area contributed by atoms with Crippen LogP contribution in [0.25, 0.3) is 5.76 Å². The molecule has 0 radical (unpaired) electrons. The highest BCUT2D eigenvalue weighted by Gasteiger charge is 2.47. The summed E-state index contributed by atoms with van der Waals surface area (Å²) in [6.07, 6.45) is 0. The number of nitrogens with zero attached hydrogens (tertiary/aromatic N) is 2. The zero-order chi connectivity index (χ0) is 24.6. The van der Waals surface area contributed by atoms with Gasteiger partial charge in [0, 0.05) is 31.0 Å². The Balaban J connectivity index is 1.89. The minimum atomic E-state index is -0.739. The summed E-state index contributed by atoms with van der Waals surface area (Å²) in [5.41, 5.74) is 4.04. The zero-order valence-corrected chi connectivity index (χ0v) is 20.2. The second kappa shape index (κ2) is 8.82. The van der Waals surface area contributed by atoms with Gasteiger partial charge in [-0.15, -0.1) is 0 Å². The minimum absolute atomic E-state index is 0.0403. The molecule has 3 aromatic carbocycles. The van der Waals surface area contributed by atoms with Crippen molar-refractivity contribution in [3.05, 3.63) is 101 Å². The number of rotatable bonds is 4. The molecular formula is C29H30N2O3. The van der Waals surface area contributed by atoms with Crippen LogP contribution < -0.4 is 9.80 Å². The van der Waals surface area contributed by atoms with Crippen molar-refractivity contribution < 1.29 is 14.7 Å². The van der Waals surface area contributed by atoms with Crippen LogP contribution in [0.3, 0.4) is 0 Å². The van der Waals surface area contributed by atoms with E-state index in [1.54, 1.807) is 24.3 Å². The Morgan fingerprint density at radius 1 is 0.853 bits per heavy atom. The normalized spacial score (nSPS) is 17.8. The topological polar surface area (TPSA) is 60.9 Å². The van der Waals surface area contributed by atoms with Crippen molar-refractivity contribution in [1.82, 2.24) is 0 Å². The van der Waals surface area contributed by atoms with Crippen molar-refractivity contribution in [3.8, 4) is 0 Å². The van der Waals surface area contributed by atoms with Crippen molar-refractivity contribution >= 4 is 28.8 Å². The molecule has 0 saturated carbocycles. The molecule has 0 aliphatic carbocycles. The van der Waals surface area contributed by atoms with Gasteiger partial charge in [0.25, 0.3) is 11.7 Å². The number of amides is 1. The van der Waals surface area contributed by atoms with Crippen molar-refractivity contribution in [2.45, 2.75) is 32.2 Å². The standard InChI is InChI=1S/C29H30N2O3/c1-29(2,3)21-13-17-23(18-14-21)31-25(19-11-15-22(16-12-19)30(4)5)24(27(33)28(31)34)26(32)20-9-7-6-8-10-20/h6-18,25,32H,1-5H3/b26-24+. The fraction of sp³-hybridized carbons (Fsp3) is 0.241. The van der Waals surface area contributed by atoms with Gasteiger partial charge in [0.2, 0.25) is 0 Å². The van der Waals surface area contributed by atoms with E-state index in [0.29, 0.717) is 11.3 Å². The van der Waals surface area contributed by atoms with Crippen LogP contribution >= 0.6 is 0 Å². The Labute approximate surface area is 201 Å². The maximum atomic E-state index is 13.3. The van der Waals surface area contributed by atoms with E-state index >= 15 is 0 Å². The van der Waals surface area contributed by atoms with Gasteiger partial charge >= 0.3 is 0 Å². The molecule has 1 saturated heterocycles. The van der Waals surface area contributed by atoms with E-state index in [4.69, 9.17) is 0 Å². The van der Waals surface area contributed by atoms with E-state index in [1.807, 2.05) is 73.6 Å². The van der Waals surface area contributed by atoms with Crippen LogP contribution in [0, 0.1) is 0 Å². The molecule has 1 aliphatic rings. The van der Waals surface area contributed by atoms with Crippen LogP contribution in [0.4, 0.5) is 11.4 Å². The van der Waals surface area contributed by atoms with Crippen molar-refractivity contribution in [2.24, 2.45) is 0 Å². The first-order valence-electron chi connectivity index (χ1n) is 11.3. The Morgan fingerprint density at radius 3 is 1.97 bits per heavy atom. The van der Waals surface area contributed by atoms with Gasteiger partial charge in [-0.25, -0.2) is 0 Å². The number of hydrogen-bond donors (Lipinski definition) is 1. The summed E-state index contributed by atoms with van der Waals surface area (Å²) in [5, 5.41) is 11.2. The van der Waals surface area contributed by atoms with Crippen LogP contribution in [0.5, 0.6) is 0 Å². The third-order valence-electron chi connectivity index (χ3n) is 6.23. The van der Waals surface area contributed by atoms with Gasteiger partial charge < -0.3 is 10.0 Å². The van der Waals surface area contributed by atoms with Crippen LogP contribution in [0.15, 0.2) is 84.4 Å². The molecule has 1 amide bonds. The number of benzene rings is 3. The van der Waals surface area contributed by atoms with Gasteiger partial charge in [0.15, 0.2) is 0 Å². The first-order valence-corrected chi connectivity index (χ1v) is 11.3. The van der Waals surface area contributed by atoms with Crippen molar-refractivity contribution in [1.29, 1.82) is 0 Å². The number of Topliss-reactive ketones (excluding diaryl/α,β-unsaturated/α-hetero) is 1. The summed E-state index contributed by atoms with van der Waals surface area (Å²) in [7, 11) is 3.90. The maximum absolute atomic E-state index is 13.3. The van der Waals surface area contributed by atoms with Gasteiger partial charge in [0.05, 0.1) is 11.6 Å². The lowest BCUT2D eigenvalue weighted by atomic mass is 9.87. The maximum Gasteiger partial charge on any atom is 0.300 e. The van der Waals surface area contributed by atoms with E-state index in [9.17, 15) is 14.7 Å². The predicted molar refractivity (Wildman–Crippen MR) is 137 cm³/mol. The number of aliphatic hydroxyl groups excluding tert-OH is 1. The van der Waals surface area contributed by atoms with Gasteiger partial charge in [-0.1, -0.05) is 75.4 Å². The molecule has 0 spiro atoms. The molecule has 0 bridgehead atoms. The highest BCUT2D eigenvalue weighted by atomic mass is 16.3.